The molecule has 1 aromatic carbocycles. The fourth-order valence-electron chi connectivity index (χ4n) is 2.46. The molecule has 4 rings (SSSR count). The molecule has 0 spiro atoms. The van der Waals surface area contributed by atoms with Crippen molar-refractivity contribution in [3.05, 3.63) is 65.0 Å². The number of hydrogen-bond acceptors (Lipinski definition) is 4. The van der Waals surface area contributed by atoms with Gasteiger partial charge in [-0.05, 0) is 24.3 Å². The largest absolute Gasteiger partial charge is 0.420 e. The molecule has 0 aliphatic rings. The molecule has 2 N–H and O–H groups in total. The monoisotopic (exact) mass is 280 g/mol. The van der Waals surface area contributed by atoms with Crippen molar-refractivity contribution in [2.24, 2.45) is 0 Å². The molecule has 0 fully saturated rings. The third-order valence-corrected chi connectivity index (χ3v) is 3.43. The number of fused-ring (bicyclic) bond motifs is 2. The van der Waals surface area contributed by atoms with Crippen molar-refractivity contribution in [3.63, 3.8) is 0 Å². The summed E-state index contributed by atoms with van der Waals surface area (Å²) in [7, 11) is 0. The Bertz CT molecular complexity index is 976. The first-order valence-corrected chi connectivity index (χ1v) is 6.52. The van der Waals surface area contributed by atoms with Crippen LogP contribution in [0.25, 0.3) is 16.7 Å². The average Bonchev–Trinajstić information content (AvgIpc) is 3.00. The van der Waals surface area contributed by atoms with E-state index in [1.807, 2.05) is 35.0 Å². The molecule has 0 aliphatic carbocycles. The lowest BCUT2D eigenvalue weighted by Crippen LogP contribution is -2.15. The molecule has 0 bridgehead atoms. The van der Waals surface area contributed by atoms with Gasteiger partial charge in [0.15, 0.2) is 5.58 Å². The fourth-order valence-corrected chi connectivity index (χ4v) is 2.46. The van der Waals surface area contributed by atoms with Gasteiger partial charge in [0.05, 0.1) is 17.8 Å². The van der Waals surface area contributed by atoms with Crippen LogP contribution in [0.4, 0.5) is 5.69 Å². The molecule has 104 valence electrons. The number of rotatable bonds is 2. The topological polar surface area (TPSA) is 78.5 Å². The van der Waals surface area contributed by atoms with Crippen molar-refractivity contribution >= 4 is 22.4 Å². The van der Waals surface area contributed by atoms with Crippen molar-refractivity contribution in [2.75, 3.05) is 5.73 Å². The Kier molecular flexibility index (Phi) is 2.38. The molecule has 0 atom stereocenters. The summed E-state index contributed by atoms with van der Waals surface area (Å²) >= 11 is 0. The summed E-state index contributed by atoms with van der Waals surface area (Å²) < 4.78 is 8.69. The van der Waals surface area contributed by atoms with E-state index in [1.165, 1.54) is 0 Å². The smallest absolute Gasteiger partial charge is 0.408 e. The minimum atomic E-state index is -0.410. The lowest BCUT2D eigenvalue weighted by molar-refractivity contribution is 0.516. The molecule has 0 unspecified atom stereocenters. The minimum Gasteiger partial charge on any atom is -0.408 e. The van der Waals surface area contributed by atoms with Crippen LogP contribution in [0, 0.1) is 0 Å². The van der Waals surface area contributed by atoms with Gasteiger partial charge < -0.3 is 14.6 Å². The van der Waals surface area contributed by atoms with Crippen LogP contribution < -0.4 is 11.5 Å². The third kappa shape index (κ3) is 1.88. The van der Waals surface area contributed by atoms with Crippen molar-refractivity contribution in [2.45, 2.75) is 6.54 Å². The fraction of sp³-hybridized carbons (Fsp3) is 0.0667. The number of hydrogen-bond donors (Lipinski definition) is 1. The van der Waals surface area contributed by atoms with Gasteiger partial charge >= 0.3 is 5.76 Å². The summed E-state index contributed by atoms with van der Waals surface area (Å²) in [5.74, 6) is -0.410. The highest BCUT2D eigenvalue weighted by Gasteiger charge is 2.11. The highest BCUT2D eigenvalue weighted by Crippen LogP contribution is 2.17. The third-order valence-electron chi connectivity index (χ3n) is 3.43. The molecule has 21 heavy (non-hydrogen) atoms. The molecule has 3 aromatic heterocycles. The molecule has 4 aromatic rings. The van der Waals surface area contributed by atoms with Crippen molar-refractivity contribution in [1.82, 2.24) is 14.0 Å². The van der Waals surface area contributed by atoms with E-state index in [0.717, 1.165) is 11.3 Å². The lowest BCUT2D eigenvalue weighted by atomic mass is 10.3. The average molecular weight is 280 g/mol. The van der Waals surface area contributed by atoms with Crippen LogP contribution in [0.1, 0.15) is 5.69 Å². The van der Waals surface area contributed by atoms with E-state index >= 15 is 0 Å². The van der Waals surface area contributed by atoms with E-state index < -0.39 is 5.76 Å². The van der Waals surface area contributed by atoms with Gasteiger partial charge in [-0.3, -0.25) is 4.57 Å². The van der Waals surface area contributed by atoms with Crippen LogP contribution in [-0.4, -0.2) is 14.0 Å². The number of anilines is 1. The van der Waals surface area contributed by atoms with Gasteiger partial charge in [0.2, 0.25) is 0 Å². The van der Waals surface area contributed by atoms with E-state index in [1.54, 1.807) is 22.8 Å². The highest BCUT2D eigenvalue weighted by molar-refractivity contribution is 5.76. The minimum absolute atomic E-state index is 0.359. The Labute approximate surface area is 119 Å². The molecule has 0 aliphatic heterocycles. The van der Waals surface area contributed by atoms with Crippen molar-refractivity contribution < 1.29 is 4.42 Å². The summed E-state index contributed by atoms with van der Waals surface area (Å²) in [6.07, 6.45) is 3.82. The molecule has 0 saturated carbocycles. The highest BCUT2D eigenvalue weighted by atomic mass is 16.4. The molecule has 6 nitrogen and oxygen atoms in total. The maximum absolute atomic E-state index is 12.0. The number of nitrogens with zero attached hydrogens (tertiary/aromatic N) is 3. The second kappa shape index (κ2) is 4.24. The number of benzene rings is 1. The normalized spacial score (nSPS) is 11.4. The maximum atomic E-state index is 12.0. The molecule has 0 amide bonds. The zero-order chi connectivity index (χ0) is 14.4. The van der Waals surface area contributed by atoms with Crippen LogP contribution in [0.3, 0.4) is 0 Å². The Hall–Kier alpha value is -3.02. The Morgan fingerprint density at radius 3 is 3.00 bits per heavy atom. The predicted octanol–water partition coefficient (Wildman–Crippen LogP) is 1.87. The Morgan fingerprint density at radius 1 is 1.24 bits per heavy atom. The Morgan fingerprint density at radius 2 is 2.14 bits per heavy atom. The Balaban J connectivity index is 1.83. The second-order valence-electron chi connectivity index (χ2n) is 4.88. The van der Waals surface area contributed by atoms with Crippen molar-refractivity contribution in [3.8, 4) is 0 Å². The second-order valence-corrected chi connectivity index (χ2v) is 4.88. The maximum Gasteiger partial charge on any atom is 0.420 e. The van der Waals surface area contributed by atoms with Gasteiger partial charge in [0, 0.05) is 24.1 Å². The summed E-state index contributed by atoms with van der Waals surface area (Å²) in [5, 5.41) is 0. The number of nitrogen functional groups attached to an aromatic ring is 1. The van der Waals surface area contributed by atoms with E-state index in [2.05, 4.69) is 4.98 Å². The van der Waals surface area contributed by atoms with Gasteiger partial charge in [0.1, 0.15) is 5.65 Å². The molecule has 6 heteroatoms. The zero-order valence-corrected chi connectivity index (χ0v) is 11.1. The van der Waals surface area contributed by atoms with Crippen molar-refractivity contribution in [1.29, 1.82) is 0 Å². The van der Waals surface area contributed by atoms with Crippen LogP contribution in [0.2, 0.25) is 0 Å². The number of nitrogens with two attached hydrogens (primary N) is 1. The van der Waals surface area contributed by atoms with Crippen LogP contribution in [0.15, 0.2) is 58.0 Å². The summed E-state index contributed by atoms with van der Waals surface area (Å²) in [5.41, 5.74) is 9.11. The molecule has 0 saturated heterocycles. The molecular formula is C15H12N4O2. The first kappa shape index (κ1) is 11.8. The summed E-state index contributed by atoms with van der Waals surface area (Å²) in [4.78, 5) is 16.5. The first-order valence-electron chi connectivity index (χ1n) is 6.52. The van der Waals surface area contributed by atoms with Gasteiger partial charge in [0.25, 0.3) is 0 Å². The van der Waals surface area contributed by atoms with Crippen LogP contribution in [0.5, 0.6) is 0 Å². The first-order chi connectivity index (χ1) is 10.2. The number of oxazole rings is 1. The molecule has 0 radical (unpaired) electrons. The van der Waals surface area contributed by atoms with Gasteiger partial charge in [-0.15, -0.1) is 0 Å². The molecular weight excluding hydrogens is 268 g/mol. The molecule has 3 heterocycles. The van der Waals surface area contributed by atoms with Crippen LogP contribution >= 0.6 is 0 Å². The quantitative estimate of drug-likeness (QED) is 0.568. The predicted molar refractivity (Wildman–Crippen MR) is 79.2 cm³/mol. The number of aromatic nitrogens is 3. The number of imidazole rings is 1. The van der Waals surface area contributed by atoms with E-state index in [-0.39, 0.29) is 0 Å². The zero-order valence-electron chi connectivity index (χ0n) is 11.1. The van der Waals surface area contributed by atoms with Gasteiger partial charge in [-0.2, -0.15) is 0 Å². The standard InChI is InChI=1S/C15H12N4O2/c16-10-4-5-12-13(7-10)21-15(20)19(12)9-11-8-18-6-2-1-3-14(18)17-11/h1-8H,9,16H2. The SMILES string of the molecule is Nc1ccc2c(c1)oc(=O)n2Cc1cn2ccccc2n1. The van der Waals surface area contributed by atoms with E-state index in [0.29, 0.717) is 23.3 Å². The number of pyridine rings is 1. The summed E-state index contributed by atoms with van der Waals surface area (Å²) in [6, 6.07) is 11.0. The summed E-state index contributed by atoms with van der Waals surface area (Å²) in [6.45, 7) is 0.359. The van der Waals surface area contributed by atoms with E-state index in [4.69, 9.17) is 10.2 Å². The van der Waals surface area contributed by atoms with E-state index in [9.17, 15) is 4.79 Å². The van der Waals surface area contributed by atoms with Crippen LogP contribution in [-0.2, 0) is 6.54 Å². The lowest BCUT2D eigenvalue weighted by Gasteiger charge is -1.98. The van der Waals surface area contributed by atoms with Gasteiger partial charge in [-0.1, -0.05) is 6.07 Å². The van der Waals surface area contributed by atoms with Gasteiger partial charge in [-0.25, -0.2) is 9.78 Å².